The van der Waals surface area contributed by atoms with Gasteiger partial charge in [-0.25, -0.2) is 8.42 Å². The Bertz CT molecular complexity index is 4510. The van der Waals surface area contributed by atoms with Gasteiger partial charge >= 0.3 is 21.2 Å². The van der Waals surface area contributed by atoms with Crippen molar-refractivity contribution in [2.45, 2.75) is 28.5 Å². The van der Waals surface area contributed by atoms with Crippen LogP contribution in [0, 0.1) is 13.8 Å². The monoisotopic (exact) mass is 1360 g/mol. The van der Waals surface area contributed by atoms with Crippen molar-refractivity contribution in [2.24, 2.45) is 20.5 Å². The molecule has 0 saturated carbocycles. The van der Waals surface area contributed by atoms with Gasteiger partial charge in [0.1, 0.15) is 11.4 Å². The Morgan fingerprint density at radius 2 is 0.910 bits per heavy atom. The summed E-state index contributed by atoms with van der Waals surface area (Å²) >= 11 is 12.7. The first-order valence-electron chi connectivity index (χ1n) is 24.6. The number of aromatic hydroxyl groups is 2. The fourth-order valence-electron chi connectivity index (χ4n) is 7.52. The molecule has 31 nitrogen and oxygen atoms in total. The maximum absolute atomic E-state index is 12.3. The van der Waals surface area contributed by atoms with Gasteiger partial charge in [-0.05, 0) is 140 Å². The number of anilines is 5. The van der Waals surface area contributed by atoms with Gasteiger partial charge in [-0.15, -0.1) is 35.5 Å². The predicted octanol–water partition coefficient (Wildman–Crippen LogP) is 8.13. The minimum atomic E-state index is -4.79. The third-order valence-electron chi connectivity index (χ3n) is 11.7. The second-order valence-electron chi connectivity index (χ2n) is 18.1. The van der Waals surface area contributed by atoms with Gasteiger partial charge in [0.15, 0.2) is 21.3 Å². The summed E-state index contributed by atoms with van der Waals surface area (Å²) in [6.45, 7) is 4.71. The van der Waals surface area contributed by atoms with Crippen LogP contribution in [0.4, 0.5) is 51.7 Å². The number of fused-ring (bicyclic) bond motifs is 2. The summed E-state index contributed by atoms with van der Waals surface area (Å²) in [5.41, 5.74) is 8.82. The largest absolute Gasteiger partial charge is 0.505 e. The van der Waals surface area contributed by atoms with Crippen molar-refractivity contribution < 1.29 is 74.9 Å². The van der Waals surface area contributed by atoms with Crippen molar-refractivity contribution in [3.8, 4) is 23.1 Å². The number of hydrogen-bond donors (Lipinski definition) is 8. The summed E-state index contributed by atoms with van der Waals surface area (Å²) in [5, 5.41) is 53.4. The number of sulfone groups is 1. The van der Waals surface area contributed by atoms with E-state index < -0.39 is 83.1 Å². The van der Waals surface area contributed by atoms with Gasteiger partial charge in [-0.2, -0.15) is 57.0 Å². The molecule has 0 aliphatic heterocycles. The van der Waals surface area contributed by atoms with Crippen LogP contribution in [0.3, 0.4) is 0 Å². The fourth-order valence-corrected chi connectivity index (χ4v) is 10.3. The molecule has 7 aromatic carbocycles. The lowest BCUT2D eigenvalue weighted by atomic mass is 10.1. The summed E-state index contributed by atoms with van der Waals surface area (Å²) in [6, 6.07) is 30.5. The number of aliphatic hydroxyl groups excluding tert-OH is 1. The molecule has 466 valence electrons. The highest BCUT2D eigenvalue weighted by Crippen LogP contribution is 2.44. The van der Waals surface area contributed by atoms with Crippen LogP contribution in [0.25, 0.3) is 33.2 Å². The van der Waals surface area contributed by atoms with Gasteiger partial charge in [0.05, 0.1) is 49.8 Å². The summed E-state index contributed by atoms with van der Waals surface area (Å²) in [5.74, 6) is -2.10. The molecule has 0 amide bonds. The topological polar surface area (TPSA) is 486 Å². The second kappa shape index (κ2) is 30.1. The molecule has 2 heterocycles. The van der Waals surface area contributed by atoms with E-state index in [0.29, 0.717) is 30.2 Å². The molecule has 9 N–H and O–H groups in total. The predicted molar refractivity (Wildman–Crippen MR) is 324 cm³/mol. The van der Waals surface area contributed by atoms with E-state index in [4.69, 9.17) is 59.3 Å². The standard InChI is InChI=1S/C40H28Cl2N12O8S2.C11H18N2O3S.2O3S/c1-19-3-9-23(10-4-19)51-53-27-13-7-21-15-25(63(57,58)59)17-29(31(21)33(27)55)43-39-47-35(45-37(41)49-39)36-46-38(42)50-40(48-36)44-30-18-26(64(60,61)62)16-22-8-14-28(34(56)32(22)30)54-52-24-11-5-20(2)6-12-24;1-13(6-8-14)7-9-17(15,16)11-4-2-10(12)3-5-11;2*1-4(2)3/h3-18,55-56H,1-2H3,(H,57,58,59)(H,60,61,62)(H,43,45,47,49)(H,44,46,48,50);2-5,14H,6-9,12H2,1H3;;. The Hall–Kier alpha value is -9.21. The van der Waals surface area contributed by atoms with Gasteiger partial charge in [-0.3, -0.25) is 9.11 Å². The number of aromatic nitrogens is 6. The molecule has 9 aromatic rings. The zero-order valence-electron chi connectivity index (χ0n) is 45.8. The minimum Gasteiger partial charge on any atom is -0.505 e. The number of hydrogen-bond acceptors (Lipinski definition) is 29. The summed E-state index contributed by atoms with van der Waals surface area (Å²) in [7, 11) is -17.3. The molecule has 0 atom stereocenters. The molecule has 0 unspecified atom stereocenters. The molecule has 0 radical (unpaired) electrons. The zero-order chi connectivity index (χ0) is 65.5. The second-order valence-corrected chi connectivity index (χ2v) is 24.5. The Balaban J connectivity index is 0.000000423. The van der Waals surface area contributed by atoms with E-state index >= 15 is 0 Å². The van der Waals surface area contributed by atoms with Crippen LogP contribution in [0.2, 0.25) is 10.6 Å². The third-order valence-corrected chi connectivity index (χ3v) is 15.4. The Kier molecular flexibility index (Phi) is 23.3. The number of likely N-dealkylation sites (N-methyl/N-ethyl adjacent to an activating group) is 1. The number of aliphatic hydroxyl groups is 1. The number of halogens is 2. The van der Waals surface area contributed by atoms with Crippen LogP contribution in [-0.4, -0.2) is 142 Å². The lowest BCUT2D eigenvalue weighted by molar-refractivity contribution is 0.227. The van der Waals surface area contributed by atoms with Crippen molar-refractivity contribution in [3.63, 3.8) is 0 Å². The van der Waals surface area contributed by atoms with Gasteiger partial charge in [0, 0.05) is 29.5 Å². The molecule has 0 bridgehead atoms. The third kappa shape index (κ3) is 20.2. The highest BCUT2D eigenvalue weighted by atomic mass is 35.5. The minimum absolute atomic E-state index is 0.0102. The number of azo groups is 2. The number of benzene rings is 7. The SMILES string of the molecule is CN(CCO)CCS(=O)(=O)c1ccc(N)cc1.Cc1ccc(N=Nc2ccc3cc(S(=O)(=O)O)cc(Nc4nc(Cl)nc(-c5nc(Cl)nc(Nc6cc(S(=O)(=O)O)cc7ccc(N=Nc8ccc(C)cc8)c(O)c67)n5)n4)c3c2O)cc1.O=S(=O)=O.O=S(=O)=O. The lowest BCUT2D eigenvalue weighted by Gasteiger charge is -2.14. The van der Waals surface area contributed by atoms with Crippen LogP contribution in [0.15, 0.2) is 156 Å². The van der Waals surface area contributed by atoms with Crippen LogP contribution >= 0.6 is 23.2 Å². The van der Waals surface area contributed by atoms with E-state index in [0.717, 1.165) is 35.4 Å². The fraction of sp³-hybridized carbons (Fsp3) is 0.137. The van der Waals surface area contributed by atoms with Crippen LogP contribution < -0.4 is 16.4 Å². The molecule has 0 fully saturated rings. The molecule has 9 rings (SSSR count). The van der Waals surface area contributed by atoms with E-state index in [1.54, 1.807) is 48.3 Å². The average Bonchev–Trinajstić information content (AvgIpc) is 0.806. The normalized spacial score (nSPS) is 11.6. The van der Waals surface area contributed by atoms with Crippen molar-refractivity contribution in [2.75, 3.05) is 48.9 Å². The van der Waals surface area contributed by atoms with Gasteiger partial charge < -0.3 is 36.6 Å². The van der Waals surface area contributed by atoms with Crippen LogP contribution in [-0.2, 0) is 51.3 Å². The number of aryl methyl sites for hydroxylation is 2. The number of nitrogens with two attached hydrogens (primary N) is 1. The number of nitrogens with one attached hydrogen (secondary N) is 2. The smallest absolute Gasteiger partial charge is 0.425 e. The summed E-state index contributed by atoms with van der Waals surface area (Å²) < 4.78 is 144. The average molecular weight is 1360 g/mol. The summed E-state index contributed by atoms with van der Waals surface area (Å²) in [4.78, 5) is 26.0. The van der Waals surface area contributed by atoms with Gasteiger partial charge in [0.25, 0.3) is 20.2 Å². The Morgan fingerprint density at radius 1 is 0.528 bits per heavy atom. The maximum Gasteiger partial charge on any atom is 0.425 e. The van der Waals surface area contributed by atoms with Crippen LogP contribution in [0.5, 0.6) is 11.5 Å². The Labute approximate surface area is 518 Å². The first-order chi connectivity index (χ1) is 41.8. The highest BCUT2D eigenvalue weighted by Gasteiger charge is 2.23. The van der Waals surface area contributed by atoms with Crippen molar-refractivity contribution in [1.82, 2.24) is 34.8 Å². The number of phenolic OH excluding ortho intramolecular Hbond substituents is 2. The molecule has 0 spiro atoms. The summed E-state index contributed by atoms with van der Waals surface area (Å²) in [6.07, 6.45) is 0. The van der Waals surface area contributed by atoms with E-state index in [9.17, 15) is 44.6 Å². The molecule has 0 aliphatic rings. The molecule has 2 aromatic heterocycles. The number of nitrogens with zero attached hydrogens (tertiary/aromatic N) is 11. The van der Waals surface area contributed by atoms with Crippen LogP contribution in [0.1, 0.15) is 11.1 Å². The molecule has 89 heavy (non-hydrogen) atoms. The molecular weight excluding hydrogens is 1310 g/mol. The van der Waals surface area contributed by atoms with Gasteiger partial charge in [-0.1, -0.05) is 47.5 Å². The van der Waals surface area contributed by atoms with E-state index in [2.05, 4.69) is 61.0 Å². The molecule has 0 saturated heterocycles. The van der Waals surface area contributed by atoms with E-state index in [1.165, 1.54) is 36.4 Å². The number of nitrogen functional groups attached to an aromatic ring is 1. The van der Waals surface area contributed by atoms with E-state index in [-0.39, 0.29) is 85.1 Å². The highest BCUT2D eigenvalue weighted by molar-refractivity contribution is 7.91. The molecule has 38 heteroatoms. The van der Waals surface area contributed by atoms with Gasteiger partial charge in [0.2, 0.25) is 34.1 Å². The first kappa shape index (κ1) is 68.9. The van der Waals surface area contributed by atoms with Crippen molar-refractivity contribution in [3.05, 3.63) is 143 Å². The van der Waals surface area contributed by atoms with Crippen molar-refractivity contribution in [1.29, 1.82) is 0 Å². The van der Waals surface area contributed by atoms with Crippen molar-refractivity contribution >= 4 is 148 Å². The van der Waals surface area contributed by atoms with E-state index in [1.807, 2.05) is 38.1 Å². The first-order valence-corrected chi connectivity index (χ1v) is 31.9. The lowest BCUT2D eigenvalue weighted by Crippen LogP contribution is -2.28. The number of phenols is 2. The molecule has 0 aliphatic carbocycles. The number of rotatable bonds is 17. The molecular formula is C51H46Cl2N14O17S5. The zero-order valence-corrected chi connectivity index (χ0v) is 51.4. The quantitative estimate of drug-likeness (QED) is 0.0242. The maximum atomic E-state index is 12.3. The Morgan fingerprint density at radius 3 is 1.27 bits per heavy atom.